The molecule has 1 aromatic heterocycles. The minimum Gasteiger partial charge on any atom is -0.507 e. The second-order valence-electron chi connectivity index (χ2n) is 9.75. The van der Waals surface area contributed by atoms with Gasteiger partial charge in [0.1, 0.15) is 11.5 Å². The number of nitrogens with one attached hydrogen (secondary N) is 1. The summed E-state index contributed by atoms with van der Waals surface area (Å²) in [6.07, 6.45) is 6.36. The summed E-state index contributed by atoms with van der Waals surface area (Å²) >= 11 is 0. The fraction of sp³-hybridized carbons (Fsp3) is 0.393. The number of nitrogens with zero attached hydrogens (tertiary/aromatic N) is 5. The first-order valence-electron chi connectivity index (χ1n) is 12.8. The molecule has 2 fully saturated rings. The van der Waals surface area contributed by atoms with Gasteiger partial charge in [0, 0.05) is 75.0 Å². The van der Waals surface area contributed by atoms with Crippen molar-refractivity contribution in [3.8, 4) is 22.6 Å². The molecule has 2 N–H and O–H groups in total. The van der Waals surface area contributed by atoms with Crippen LogP contribution >= 0.6 is 0 Å². The summed E-state index contributed by atoms with van der Waals surface area (Å²) in [5.74, 6) is 1.13. The molecule has 5 rings (SSSR count). The summed E-state index contributed by atoms with van der Waals surface area (Å²) in [5, 5.41) is 13.0. The molecule has 37 heavy (non-hydrogen) atoms. The Balaban J connectivity index is 1.22. The predicted molar refractivity (Wildman–Crippen MR) is 145 cm³/mol. The van der Waals surface area contributed by atoms with E-state index >= 15 is 0 Å². The Labute approximate surface area is 217 Å². The van der Waals surface area contributed by atoms with Crippen LogP contribution in [0.25, 0.3) is 11.1 Å². The smallest absolute Gasteiger partial charge is 0.227 e. The maximum absolute atomic E-state index is 11.1. The van der Waals surface area contributed by atoms with E-state index in [0.717, 1.165) is 54.4 Å². The van der Waals surface area contributed by atoms with Crippen molar-refractivity contribution in [3.63, 3.8) is 0 Å². The molecule has 0 spiro atoms. The van der Waals surface area contributed by atoms with Gasteiger partial charge in [-0.25, -0.2) is 9.97 Å². The van der Waals surface area contributed by atoms with E-state index in [0.29, 0.717) is 18.3 Å². The van der Waals surface area contributed by atoms with Crippen molar-refractivity contribution in [3.05, 3.63) is 54.4 Å². The Morgan fingerprint density at radius 2 is 1.70 bits per heavy atom. The van der Waals surface area contributed by atoms with Gasteiger partial charge in [0.2, 0.25) is 5.95 Å². The number of phenols is 1. The lowest BCUT2D eigenvalue weighted by Crippen LogP contribution is -2.52. The van der Waals surface area contributed by atoms with E-state index in [9.17, 15) is 9.90 Å². The van der Waals surface area contributed by atoms with Gasteiger partial charge in [-0.15, -0.1) is 0 Å². The number of likely N-dealkylation sites (N-methyl/N-ethyl adjacent to an activating group) is 1. The standard InChI is InChI=1S/C28H34N6O3/c1-32-11-13-34(14-12-32)23-7-9-33(10-8-23)24-4-5-25(27(16-24)37-2)31-28-29-17-22(18-30-28)20-3-6-26(36)21(15-20)19-35/h3-6,15-19,23,36H,7-14H2,1-2H3,(H,29,30,31). The van der Waals surface area contributed by atoms with Gasteiger partial charge in [0.05, 0.1) is 18.4 Å². The fourth-order valence-electron chi connectivity index (χ4n) is 5.15. The van der Waals surface area contributed by atoms with Crippen LogP contribution in [0.15, 0.2) is 48.8 Å². The highest BCUT2D eigenvalue weighted by Crippen LogP contribution is 2.33. The largest absolute Gasteiger partial charge is 0.507 e. The van der Waals surface area contributed by atoms with Crippen molar-refractivity contribution in [2.24, 2.45) is 0 Å². The number of piperidine rings is 1. The van der Waals surface area contributed by atoms with Crippen LogP contribution in [-0.2, 0) is 0 Å². The maximum Gasteiger partial charge on any atom is 0.227 e. The van der Waals surface area contributed by atoms with E-state index in [1.165, 1.54) is 32.0 Å². The van der Waals surface area contributed by atoms with Crippen molar-refractivity contribution in [1.29, 1.82) is 0 Å². The monoisotopic (exact) mass is 502 g/mol. The topological polar surface area (TPSA) is 94.1 Å². The summed E-state index contributed by atoms with van der Waals surface area (Å²) < 4.78 is 5.69. The lowest BCUT2D eigenvalue weighted by atomic mass is 10.0. The minimum absolute atomic E-state index is 0.0482. The summed E-state index contributed by atoms with van der Waals surface area (Å²) in [6, 6.07) is 11.7. The summed E-state index contributed by atoms with van der Waals surface area (Å²) in [7, 11) is 3.87. The third kappa shape index (κ3) is 5.68. The van der Waals surface area contributed by atoms with E-state index < -0.39 is 0 Å². The van der Waals surface area contributed by atoms with Crippen LogP contribution in [0.1, 0.15) is 23.2 Å². The molecular formula is C28H34N6O3. The molecule has 0 bridgehead atoms. The SMILES string of the molecule is COc1cc(N2CCC(N3CCN(C)CC3)CC2)ccc1Nc1ncc(-c2ccc(O)c(C=O)c2)cn1. The molecule has 3 heterocycles. The van der Waals surface area contributed by atoms with Crippen LogP contribution in [0.5, 0.6) is 11.5 Å². The van der Waals surface area contributed by atoms with Crippen molar-refractivity contribution in [2.45, 2.75) is 18.9 Å². The average molecular weight is 503 g/mol. The van der Waals surface area contributed by atoms with Crippen LogP contribution in [0.3, 0.4) is 0 Å². The fourth-order valence-corrected chi connectivity index (χ4v) is 5.15. The molecule has 0 atom stereocenters. The number of aldehydes is 1. The summed E-state index contributed by atoms with van der Waals surface area (Å²) in [5.41, 5.74) is 3.68. The van der Waals surface area contributed by atoms with Crippen molar-refractivity contribution in [1.82, 2.24) is 19.8 Å². The van der Waals surface area contributed by atoms with Crippen LogP contribution in [0, 0.1) is 0 Å². The highest BCUT2D eigenvalue weighted by Gasteiger charge is 2.27. The van der Waals surface area contributed by atoms with Gasteiger partial charge in [0.25, 0.3) is 0 Å². The zero-order chi connectivity index (χ0) is 25.8. The van der Waals surface area contributed by atoms with E-state index in [-0.39, 0.29) is 11.3 Å². The first kappa shape index (κ1) is 25.0. The third-order valence-electron chi connectivity index (χ3n) is 7.46. The van der Waals surface area contributed by atoms with Crippen molar-refractivity contribution >= 4 is 23.6 Å². The van der Waals surface area contributed by atoms with Gasteiger partial charge in [-0.05, 0) is 49.7 Å². The van der Waals surface area contributed by atoms with Gasteiger partial charge >= 0.3 is 0 Å². The lowest BCUT2D eigenvalue weighted by Gasteiger charge is -2.42. The van der Waals surface area contributed by atoms with Gasteiger partial charge in [-0.1, -0.05) is 6.07 Å². The summed E-state index contributed by atoms with van der Waals surface area (Å²) in [6.45, 7) is 6.76. The number of aromatic nitrogens is 2. The number of anilines is 3. The Morgan fingerprint density at radius 3 is 2.38 bits per heavy atom. The Morgan fingerprint density at radius 1 is 0.973 bits per heavy atom. The molecule has 2 aliphatic rings. The van der Waals surface area contributed by atoms with E-state index in [4.69, 9.17) is 4.74 Å². The number of carbonyl (C=O) groups excluding carboxylic acids is 1. The maximum atomic E-state index is 11.1. The number of rotatable bonds is 7. The highest BCUT2D eigenvalue weighted by molar-refractivity contribution is 5.82. The quantitative estimate of drug-likeness (QED) is 0.470. The molecule has 2 saturated heterocycles. The predicted octanol–water partition coefficient (Wildman–Crippen LogP) is 3.63. The van der Waals surface area contributed by atoms with Gasteiger partial charge in [0.15, 0.2) is 6.29 Å². The third-order valence-corrected chi connectivity index (χ3v) is 7.46. The molecule has 9 nitrogen and oxygen atoms in total. The second-order valence-corrected chi connectivity index (χ2v) is 9.75. The van der Waals surface area contributed by atoms with Crippen LogP contribution in [0.2, 0.25) is 0 Å². The average Bonchev–Trinajstić information content (AvgIpc) is 2.94. The Hall–Kier alpha value is -3.69. The lowest BCUT2D eigenvalue weighted by molar-refractivity contribution is 0.0982. The zero-order valence-corrected chi connectivity index (χ0v) is 21.4. The van der Waals surface area contributed by atoms with Crippen molar-refractivity contribution in [2.75, 3.05) is 63.6 Å². The van der Waals surface area contributed by atoms with E-state index in [1.54, 1.807) is 31.6 Å². The summed E-state index contributed by atoms with van der Waals surface area (Å²) in [4.78, 5) is 27.5. The molecular weight excluding hydrogens is 468 g/mol. The first-order valence-corrected chi connectivity index (χ1v) is 12.8. The molecule has 9 heteroatoms. The number of phenolic OH excluding ortho intramolecular Hbond substituents is 1. The number of carbonyl (C=O) groups is 1. The van der Waals surface area contributed by atoms with Gasteiger partial charge < -0.3 is 25.0 Å². The van der Waals surface area contributed by atoms with Crippen LogP contribution < -0.4 is 15.0 Å². The number of piperazine rings is 1. The Bertz CT molecular complexity index is 1220. The molecule has 0 unspecified atom stereocenters. The van der Waals surface area contributed by atoms with E-state index in [1.807, 2.05) is 6.07 Å². The minimum atomic E-state index is -0.0482. The molecule has 194 valence electrons. The normalized spacial score (nSPS) is 17.5. The Kier molecular flexibility index (Phi) is 7.52. The number of methoxy groups -OCH3 is 1. The molecule has 0 radical (unpaired) electrons. The molecule has 2 aliphatic heterocycles. The highest BCUT2D eigenvalue weighted by atomic mass is 16.5. The number of hydrogen-bond donors (Lipinski definition) is 2. The van der Waals surface area contributed by atoms with Crippen molar-refractivity contribution < 1.29 is 14.6 Å². The van der Waals surface area contributed by atoms with Gasteiger partial charge in [-0.3, -0.25) is 9.69 Å². The molecule has 0 saturated carbocycles. The van der Waals surface area contributed by atoms with Crippen LogP contribution in [0.4, 0.5) is 17.3 Å². The van der Waals surface area contributed by atoms with E-state index in [2.05, 4.69) is 49.2 Å². The molecule has 0 aliphatic carbocycles. The number of benzene rings is 2. The number of hydrogen-bond acceptors (Lipinski definition) is 9. The number of ether oxygens (including phenoxy) is 1. The molecule has 0 amide bonds. The van der Waals surface area contributed by atoms with Crippen LogP contribution in [-0.4, -0.2) is 90.6 Å². The van der Waals surface area contributed by atoms with Gasteiger partial charge in [-0.2, -0.15) is 0 Å². The second kappa shape index (κ2) is 11.1. The first-order chi connectivity index (χ1) is 18.0. The molecule has 3 aromatic rings. The molecule has 2 aromatic carbocycles. The number of aromatic hydroxyl groups is 1. The zero-order valence-electron chi connectivity index (χ0n) is 21.4.